The van der Waals surface area contributed by atoms with E-state index in [1.807, 2.05) is 7.05 Å². The molecule has 5 nitrogen and oxygen atoms in total. The quantitative estimate of drug-likeness (QED) is 0.922. The number of likely N-dealkylation sites (tertiary alicyclic amines) is 1. The summed E-state index contributed by atoms with van der Waals surface area (Å²) >= 11 is 6.07. The number of pyridine rings is 1. The van der Waals surface area contributed by atoms with Gasteiger partial charge in [0.25, 0.3) is 5.91 Å². The van der Waals surface area contributed by atoms with E-state index in [1.165, 1.54) is 6.42 Å². The van der Waals surface area contributed by atoms with Gasteiger partial charge in [0.15, 0.2) is 0 Å². The van der Waals surface area contributed by atoms with Crippen molar-refractivity contribution < 1.29 is 4.79 Å². The van der Waals surface area contributed by atoms with Gasteiger partial charge in [-0.15, -0.1) is 0 Å². The zero-order chi connectivity index (χ0) is 14.7. The Bertz CT molecular complexity index is 494. The third kappa shape index (κ3) is 3.22. The lowest BCUT2D eigenvalue weighted by atomic mass is 10.2. The summed E-state index contributed by atoms with van der Waals surface area (Å²) in [6.45, 7) is 1.84. The van der Waals surface area contributed by atoms with E-state index < -0.39 is 0 Å². The summed E-state index contributed by atoms with van der Waals surface area (Å²) in [5.74, 6) is 0.545. The summed E-state index contributed by atoms with van der Waals surface area (Å²) < 4.78 is 0. The highest BCUT2D eigenvalue weighted by molar-refractivity contribution is 6.33. The van der Waals surface area contributed by atoms with Crippen LogP contribution in [0, 0.1) is 0 Å². The number of halogens is 1. The molecule has 1 aliphatic rings. The minimum atomic E-state index is -0.0395. The first-order chi connectivity index (χ1) is 9.52. The fourth-order valence-corrected chi connectivity index (χ4v) is 2.83. The molecule has 1 amide bonds. The lowest BCUT2D eigenvalue weighted by Crippen LogP contribution is -2.39. The van der Waals surface area contributed by atoms with Gasteiger partial charge in [-0.1, -0.05) is 11.6 Å². The van der Waals surface area contributed by atoms with Crippen molar-refractivity contribution in [3.8, 4) is 0 Å². The van der Waals surface area contributed by atoms with E-state index in [9.17, 15) is 4.79 Å². The van der Waals surface area contributed by atoms with E-state index >= 15 is 0 Å². The average molecular weight is 297 g/mol. The largest absolute Gasteiger partial charge is 0.372 e. The molecule has 1 aromatic heterocycles. The van der Waals surface area contributed by atoms with Gasteiger partial charge in [0.2, 0.25) is 0 Å². The van der Waals surface area contributed by atoms with Crippen LogP contribution in [-0.2, 0) is 0 Å². The second kappa shape index (κ2) is 6.41. The molecule has 110 valence electrons. The number of carbonyl (C=O) groups excluding carboxylic acids is 1. The first kappa shape index (κ1) is 15.1. The molecule has 1 aliphatic heterocycles. The number of nitrogens with zero attached hydrogens (tertiary/aromatic N) is 3. The first-order valence-electron chi connectivity index (χ1n) is 6.82. The van der Waals surface area contributed by atoms with Gasteiger partial charge < -0.3 is 15.1 Å². The number of amides is 1. The molecule has 0 bridgehead atoms. The van der Waals surface area contributed by atoms with Crippen molar-refractivity contribution in [2.45, 2.75) is 18.9 Å². The van der Waals surface area contributed by atoms with Gasteiger partial charge >= 0.3 is 0 Å². The van der Waals surface area contributed by atoms with Crippen LogP contribution in [0.15, 0.2) is 12.3 Å². The summed E-state index contributed by atoms with van der Waals surface area (Å²) in [6, 6.07) is 2.11. The summed E-state index contributed by atoms with van der Waals surface area (Å²) in [5, 5.41) is 3.34. The van der Waals surface area contributed by atoms with Gasteiger partial charge in [0.1, 0.15) is 5.82 Å². The molecule has 1 unspecified atom stereocenters. The maximum Gasteiger partial charge on any atom is 0.255 e. The van der Waals surface area contributed by atoms with Gasteiger partial charge in [-0.3, -0.25) is 4.79 Å². The molecule has 20 heavy (non-hydrogen) atoms. The van der Waals surface area contributed by atoms with Crippen LogP contribution in [0.3, 0.4) is 0 Å². The fraction of sp³-hybridized carbons (Fsp3) is 0.571. The van der Waals surface area contributed by atoms with Crippen molar-refractivity contribution in [1.29, 1.82) is 0 Å². The first-order valence-corrected chi connectivity index (χ1v) is 7.19. The number of hydrogen-bond donors (Lipinski definition) is 1. The van der Waals surface area contributed by atoms with Gasteiger partial charge in [-0.25, -0.2) is 4.98 Å². The number of rotatable bonds is 4. The molecule has 0 saturated carbocycles. The third-order valence-electron chi connectivity index (χ3n) is 3.83. The van der Waals surface area contributed by atoms with Crippen LogP contribution >= 0.6 is 11.6 Å². The monoisotopic (exact) mass is 296 g/mol. The van der Waals surface area contributed by atoms with Crippen molar-refractivity contribution in [3.63, 3.8) is 0 Å². The fourth-order valence-electron chi connectivity index (χ4n) is 2.57. The molecule has 0 aliphatic carbocycles. The van der Waals surface area contributed by atoms with Gasteiger partial charge in [-0.2, -0.15) is 0 Å². The molecule has 1 fully saturated rings. The van der Waals surface area contributed by atoms with Crippen molar-refractivity contribution in [2.24, 2.45) is 0 Å². The topological polar surface area (TPSA) is 48.5 Å². The van der Waals surface area contributed by atoms with Crippen LogP contribution < -0.4 is 5.32 Å². The number of aromatic nitrogens is 1. The highest BCUT2D eigenvalue weighted by atomic mass is 35.5. The van der Waals surface area contributed by atoms with Gasteiger partial charge in [0.05, 0.1) is 10.6 Å². The predicted molar refractivity (Wildman–Crippen MR) is 81.4 cm³/mol. The molecule has 0 radical (unpaired) electrons. The lowest BCUT2D eigenvalue weighted by Gasteiger charge is -2.26. The second-order valence-electron chi connectivity index (χ2n) is 5.27. The Morgan fingerprint density at radius 2 is 2.40 bits per heavy atom. The Balaban J connectivity index is 2.04. The highest BCUT2D eigenvalue weighted by Gasteiger charge is 2.24. The molecule has 1 N–H and O–H groups in total. The molecule has 0 aromatic carbocycles. The standard InChI is InChI=1S/C14H21ClN4O/c1-16-13-12(15)7-10(8-17-13)14(20)19(3)9-11-5-4-6-18(11)2/h7-8,11H,4-6,9H2,1-3H3,(H,16,17). The molecule has 2 heterocycles. The number of nitrogens with one attached hydrogen (secondary N) is 1. The number of anilines is 1. The van der Waals surface area contributed by atoms with Gasteiger partial charge in [-0.05, 0) is 32.5 Å². The van der Waals surface area contributed by atoms with Crippen LogP contribution in [0.5, 0.6) is 0 Å². The Morgan fingerprint density at radius 3 is 2.95 bits per heavy atom. The number of hydrogen-bond acceptors (Lipinski definition) is 4. The number of carbonyl (C=O) groups is 1. The minimum absolute atomic E-state index is 0.0395. The second-order valence-corrected chi connectivity index (χ2v) is 5.67. The smallest absolute Gasteiger partial charge is 0.255 e. The normalized spacial score (nSPS) is 19.1. The number of likely N-dealkylation sites (N-methyl/N-ethyl adjacent to an activating group) is 2. The van der Waals surface area contributed by atoms with Crippen molar-refractivity contribution in [3.05, 3.63) is 22.8 Å². The molecule has 1 aromatic rings. The minimum Gasteiger partial charge on any atom is -0.372 e. The van der Waals surface area contributed by atoms with Crippen molar-refractivity contribution in [1.82, 2.24) is 14.8 Å². The van der Waals surface area contributed by atoms with Crippen LogP contribution in [0.2, 0.25) is 5.02 Å². The molecule has 0 spiro atoms. The van der Waals surface area contributed by atoms with Crippen molar-refractivity contribution >= 4 is 23.3 Å². The van der Waals surface area contributed by atoms with Crippen LogP contribution in [0.1, 0.15) is 23.2 Å². The molecule has 1 atom stereocenters. The Morgan fingerprint density at radius 1 is 1.65 bits per heavy atom. The molecule has 6 heteroatoms. The Hall–Kier alpha value is -1.33. The summed E-state index contributed by atoms with van der Waals surface area (Å²) in [5.41, 5.74) is 0.525. The average Bonchev–Trinajstić information content (AvgIpc) is 2.83. The van der Waals surface area contributed by atoms with E-state index in [0.29, 0.717) is 22.4 Å². The maximum absolute atomic E-state index is 12.4. The molecule has 2 rings (SSSR count). The molecule has 1 saturated heterocycles. The summed E-state index contributed by atoms with van der Waals surface area (Å²) in [6.07, 6.45) is 3.91. The van der Waals surface area contributed by atoms with Crippen LogP contribution in [0.25, 0.3) is 0 Å². The van der Waals surface area contributed by atoms with E-state index in [0.717, 1.165) is 19.5 Å². The van der Waals surface area contributed by atoms with E-state index in [1.54, 1.807) is 24.2 Å². The molecular formula is C14H21ClN4O. The van der Waals surface area contributed by atoms with E-state index in [4.69, 9.17) is 11.6 Å². The van der Waals surface area contributed by atoms with E-state index in [-0.39, 0.29) is 5.91 Å². The Labute approximate surface area is 124 Å². The SMILES string of the molecule is CNc1ncc(C(=O)N(C)CC2CCCN2C)cc1Cl. The zero-order valence-corrected chi connectivity index (χ0v) is 12.9. The maximum atomic E-state index is 12.4. The Kier molecular flexibility index (Phi) is 4.83. The van der Waals surface area contributed by atoms with E-state index in [2.05, 4.69) is 22.2 Å². The predicted octanol–water partition coefficient (Wildman–Crippen LogP) is 1.94. The highest BCUT2D eigenvalue weighted by Crippen LogP contribution is 2.21. The lowest BCUT2D eigenvalue weighted by molar-refractivity contribution is 0.0761. The summed E-state index contributed by atoms with van der Waals surface area (Å²) in [4.78, 5) is 20.6. The molecular weight excluding hydrogens is 276 g/mol. The van der Waals surface area contributed by atoms with Crippen LogP contribution in [-0.4, -0.2) is 61.0 Å². The zero-order valence-electron chi connectivity index (χ0n) is 12.2. The summed E-state index contributed by atoms with van der Waals surface area (Å²) in [7, 11) is 5.68. The van der Waals surface area contributed by atoms with Gasteiger partial charge in [0, 0.05) is 32.9 Å². The van der Waals surface area contributed by atoms with Crippen LogP contribution in [0.4, 0.5) is 5.82 Å². The third-order valence-corrected chi connectivity index (χ3v) is 4.12. The van der Waals surface area contributed by atoms with Crippen molar-refractivity contribution in [2.75, 3.05) is 39.5 Å².